The number of hydrogen-bond donors (Lipinski definition) is 2. The number of aromatic nitrogens is 1. The molecule has 0 fully saturated rings. The summed E-state index contributed by atoms with van der Waals surface area (Å²) in [5.74, 6) is 0.816. The molecular weight excluding hydrogens is 358 g/mol. The highest BCUT2D eigenvalue weighted by atomic mass is 15.2. The van der Waals surface area contributed by atoms with Gasteiger partial charge in [0, 0.05) is 44.3 Å². The molecule has 0 spiro atoms. The first-order valence-electron chi connectivity index (χ1n) is 10.2. The maximum atomic E-state index is 4.52. The van der Waals surface area contributed by atoms with Gasteiger partial charge in [-0.1, -0.05) is 54.6 Å². The highest BCUT2D eigenvalue weighted by Gasteiger charge is 2.10. The largest absolute Gasteiger partial charge is 0.356 e. The van der Waals surface area contributed by atoms with Gasteiger partial charge in [0.2, 0.25) is 0 Å². The van der Waals surface area contributed by atoms with E-state index < -0.39 is 0 Å². The zero-order chi connectivity index (χ0) is 20.5. The van der Waals surface area contributed by atoms with Gasteiger partial charge in [-0.2, -0.15) is 0 Å². The van der Waals surface area contributed by atoms with Gasteiger partial charge in [0.05, 0.1) is 5.52 Å². The second kappa shape index (κ2) is 10.6. The summed E-state index contributed by atoms with van der Waals surface area (Å²) in [6, 6.07) is 21.4. The molecule has 2 N–H and O–H groups in total. The molecule has 29 heavy (non-hydrogen) atoms. The Morgan fingerprint density at radius 2 is 1.83 bits per heavy atom. The summed E-state index contributed by atoms with van der Waals surface area (Å²) in [7, 11) is 3.99. The van der Waals surface area contributed by atoms with Crippen LogP contribution in [0.2, 0.25) is 0 Å². The maximum Gasteiger partial charge on any atom is 0.191 e. The molecule has 1 heterocycles. The molecule has 0 amide bonds. The number of pyridine rings is 1. The number of guanidine groups is 1. The third-order valence-electron chi connectivity index (χ3n) is 5.27. The Labute approximate surface area is 173 Å². The normalized spacial score (nSPS) is 12.9. The minimum atomic E-state index is 0.475. The molecular formula is C24H31N5. The highest BCUT2D eigenvalue weighted by Crippen LogP contribution is 2.15. The van der Waals surface area contributed by atoms with Crippen molar-refractivity contribution in [3.63, 3.8) is 0 Å². The van der Waals surface area contributed by atoms with Crippen LogP contribution in [0.4, 0.5) is 0 Å². The minimum Gasteiger partial charge on any atom is -0.356 e. The van der Waals surface area contributed by atoms with E-state index in [0.29, 0.717) is 12.6 Å². The summed E-state index contributed by atoms with van der Waals surface area (Å²) >= 11 is 0. The summed E-state index contributed by atoms with van der Waals surface area (Å²) in [5, 5.41) is 7.99. The molecule has 0 aliphatic heterocycles. The van der Waals surface area contributed by atoms with E-state index in [1.807, 2.05) is 19.3 Å². The lowest BCUT2D eigenvalue weighted by Gasteiger charge is -2.25. The molecule has 0 aliphatic rings. The van der Waals surface area contributed by atoms with Crippen LogP contribution in [-0.2, 0) is 13.1 Å². The Bertz CT molecular complexity index is 917. The number of para-hydroxylation sites is 1. The van der Waals surface area contributed by atoms with Gasteiger partial charge in [-0.25, -0.2) is 0 Å². The van der Waals surface area contributed by atoms with E-state index in [4.69, 9.17) is 0 Å². The molecule has 0 radical (unpaired) electrons. The number of aliphatic imine (C=N–C) groups is 1. The number of rotatable bonds is 8. The van der Waals surface area contributed by atoms with Crippen LogP contribution in [0, 0.1) is 0 Å². The van der Waals surface area contributed by atoms with Gasteiger partial charge in [-0.15, -0.1) is 0 Å². The molecule has 152 valence electrons. The van der Waals surface area contributed by atoms with Crippen LogP contribution in [0.1, 0.15) is 24.5 Å². The van der Waals surface area contributed by atoms with Crippen LogP contribution in [0.15, 0.2) is 71.9 Å². The number of fused-ring (bicyclic) bond motifs is 1. The molecule has 2 aromatic carbocycles. The summed E-state index contributed by atoms with van der Waals surface area (Å²) in [5.41, 5.74) is 3.55. The first kappa shape index (κ1) is 20.8. The van der Waals surface area contributed by atoms with Gasteiger partial charge < -0.3 is 10.6 Å². The topological polar surface area (TPSA) is 52.6 Å². The Morgan fingerprint density at radius 1 is 1.03 bits per heavy atom. The lowest BCUT2D eigenvalue weighted by molar-refractivity contribution is 0.238. The van der Waals surface area contributed by atoms with E-state index >= 15 is 0 Å². The molecule has 0 saturated heterocycles. The third-order valence-corrected chi connectivity index (χ3v) is 5.27. The van der Waals surface area contributed by atoms with Gasteiger partial charge in [-0.3, -0.25) is 14.9 Å². The van der Waals surface area contributed by atoms with E-state index in [-0.39, 0.29) is 0 Å². The number of benzene rings is 2. The second-order valence-corrected chi connectivity index (χ2v) is 7.38. The number of nitrogens with one attached hydrogen (secondary N) is 2. The van der Waals surface area contributed by atoms with Crippen LogP contribution in [0.3, 0.4) is 0 Å². The Hall–Kier alpha value is -2.92. The second-order valence-electron chi connectivity index (χ2n) is 7.38. The first-order chi connectivity index (χ1) is 14.2. The minimum absolute atomic E-state index is 0.475. The SMILES string of the molecule is CN=C(NCCC(C)N(C)Cc1ccccc1)NCc1cccc2cccnc12. The fraction of sp³-hybridized carbons (Fsp3) is 0.333. The third kappa shape index (κ3) is 6.03. The molecule has 3 rings (SSSR count). The molecule has 0 aliphatic carbocycles. The van der Waals surface area contributed by atoms with Crippen molar-refractivity contribution in [3.8, 4) is 0 Å². The van der Waals surface area contributed by atoms with Crippen molar-refractivity contribution in [2.75, 3.05) is 20.6 Å². The molecule has 3 aromatic rings. The van der Waals surface area contributed by atoms with Gasteiger partial charge in [-0.05, 0) is 37.6 Å². The van der Waals surface area contributed by atoms with Crippen LogP contribution in [0.25, 0.3) is 10.9 Å². The van der Waals surface area contributed by atoms with E-state index in [1.54, 1.807) is 0 Å². The summed E-state index contributed by atoms with van der Waals surface area (Å²) in [6.07, 6.45) is 2.88. The van der Waals surface area contributed by atoms with Gasteiger partial charge in [0.1, 0.15) is 0 Å². The van der Waals surface area contributed by atoms with Crippen LogP contribution < -0.4 is 10.6 Å². The van der Waals surface area contributed by atoms with Crippen LogP contribution in [-0.4, -0.2) is 42.5 Å². The average molecular weight is 390 g/mol. The number of nitrogens with zero attached hydrogens (tertiary/aromatic N) is 3. The van der Waals surface area contributed by atoms with Crippen LogP contribution in [0.5, 0.6) is 0 Å². The van der Waals surface area contributed by atoms with Gasteiger partial charge in [0.25, 0.3) is 0 Å². The van der Waals surface area contributed by atoms with Crippen molar-refractivity contribution in [1.82, 2.24) is 20.5 Å². The van der Waals surface area contributed by atoms with Crippen molar-refractivity contribution in [2.45, 2.75) is 32.5 Å². The standard InChI is InChI=1S/C24H31N5/c1-19(29(3)18-20-9-5-4-6-10-20)14-16-27-24(25-2)28-17-22-12-7-11-21-13-8-15-26-23(21)22/h4-13,15,19H,14,16-18H2,1-3H3,(H2,25,27,28). The maximum absolute atomic E-state index is 4.52. The van der Waals surface area contributed by atoms with Gasteiger partial charge in [0.15, 0.2) is 5.96 Å². The zero-order valence-corrected chi connectivity index (χ0v) is 17.6. The lowest BCUT2D eigenvalue weighted by atomic mass is 10.1. The van der Waals surface area contributed by atoms with E-state index in [0.717, 1.165) is 36.4 Å². The molecule has 1 unspecified atom stereocenters. The Kier molecular flexibility index (Phi) is 7.59. The quantitative estimate of drug-likeness (QED) is 0.454. The fourth-order valence-electron chi connectivity index (χ4n) is 3.36. The Morgan fingerprint density at radius 3 is 2.62 bits per heavy atom. The zero-order valence-electron chi connectivity index (χ0n) is 17.6. The predicted molar refractivity (Wildman–Crippen MR) is 122 cm³/mol. The summed E-state index contributed by atoms with van der Waals surface area (Å²) in [6.45, 7) is 4.79. The van der Waals surface area contributed by atoms with Crippen molar-refractivity contribution in [1.29, 1.82) is 0 Å². The smallest absolute Gasteiger partial charge is 0.191 e. The molecule has 5 heteroatoms. The first-order valence-corrected chi connectivity index (χ1v) is 10.2. The van der Waals surface area contributed by atoms with Crippen molar-refractivity contribution in [3.05, 3.63) is 78.0 Å². The molecule has 1 aromatic heterocycles. The monoisotopic (exact) mass is 389 g/mol. The van der Waals surface area contributed by atoms with E-state index in [2.05, 4.69) is 94.1 Å². The van der Waals surface area contributed by atoms with Crippen LogP contribution >= 0.6 is 0 Å². The fourth-order valence-corrected chi connectivity index (χ4v) is 3.36. The highest BCUT2D eigenvalue weighted by molar-refractivity contribution is 5.83. The van der Waals surface area contributed by atoms with Crippen molar-refractivity contribution >= 4 is 16.9 Å². The van der Waals surface area contributed by atoms with Crippen molar-refractivity contribution in [2.24, 2.45) is 4.99 Å². The Balaban J connectivity index is 1.45. The van der Waals surface area contributed by atoms with Crippen molar-refractivity contribution < 1.29 is 0 Å². The summed E-state index contributed by atoms with van der Waals surface area (Å²) in [4.78, 5) is 11.3. The molecule has 5 nitrogen and oxygen atoms in total. The van der Waals surface area contributed by atoms with E-state index in [9.17, 15) is 0 Å². The van der Waals surface area contributed by atoms with Gasteiger partial charge >= 0.3 is 0 Å². The molecule has 0 saturated carbocycles. The van der Waals surface area contributed by atoms with E-state index in [1.165, 1.54) is 11.1 Å². The molecule has 0 bridgehead atoms. The predicted octanol–water partition coefficient (Wildman–Crippen LogP) is 3.81. The number of hydrogen-bond acceptors (Lipinski definition) is 3. The lowest BCUT2D eigenvalue weighted by Crippen LogP contribution is -2.39. The average Bonchev–Trinajstić information content (AvgIpc) is 2.76. The summed E-state index contributed by atoms with van der Waals surface area (Å²) < 4.78 is 0. The molecule has 1 atom stereocenters.